The lowest BCUT2D eigenvalue weighted by Gasteiger charge is -2.25. The highest BCUT2D eigenvalue weighted by Gasteiger charge is 2.29. The predicted molar refractivity (Wildman–Crippen MR) is 83.3 cm³/mol. The van der Waals surface area contributed by atoms with Crippen LogP contribution in [0.15, 0.2) is 18.2 Å². The number of carbonyl (C=O) groups excluding carboxylic acids is 1. The molecule has 0 aliphatic carbocycles. The normalized spacial score (nSPS) is 18.9. The summed E-state index contributed by atoms with van der Waals surface area (Å²) in [6.45, 7) is 2.79. The van der Waals surface area contributed by atoms with Crippen molar-refractivity contribution >= 4 is 33.4 Å². The Morgan fingerprint density at radius 3 is 3.05 bits per heavy atom. The fraction of sp³-hybridized carbons (Fsp3) is 0.533. The Labute approximate surface area is 128 Å². The molecule has 0 radical (unpaired) electrons. The first kappa shape index (κ1) is 14.9. The van der Waals surface area contributed by atoms with Gasteiger partial charge in [-0.15, -0.1) is 0 Å². The third-order valence-electron chi connectivity index (χ3n) is 3.73. The van der Waals surface area contributed by atoms with Crippen molar-refractivity contribution in [2.45, 2.75) is 38.6 Å². The highest BCUT2D eigenvalue weighted by molar-refractivity contribution is 9.09. The zero-order valence-electron chi connectivity index (χ0n) is 11.2. The Kier molecular flexibility index (Phi) is 5.28. The van der Waals surface area contributed by atoms with Gasteiger partial charge in [-0.3, -0.25) is 4.79 Å². The Balaban J connectivity index is 2.16. The Morgan fingerprint density at radius 1 is 1.53 bits per heavy atom. The number of benzene rings is 1. The topological polar surface area (TPSA) is 20.3 Å². The van der Waals surface area contributed by atoms with E-state index in [0.717, 1.165) is 43.1 Å². The number of aryl methyl sites for hydroxylation is 1. The third-order valence-corrected chi connectivity index (χ3v) is 4.79. The zero-order valence-corrected chi connectivity index (χ0v) is 13.5. The largest absolute Gasteiger partial charge is 0.336 e. The van der Waals surface area contributed by atoms with Crippen LogP contribution in [0, 0.1) is 6.92 Å². The van der Waals surface area contributed by atoms with Gasteiger partial charge >= 0.3 is 0 Å². The number of amides is 1. The molecule has 104 valence electrons. The highest BCUT2D eigenvalue weighted by Crippen LogP contribution is 2.27. The van der Waals surface area contributed by atoms with Crippen molar-refractivity contribution in [3.8, 4) is 0 Å². The summed E-state index contributed by atoms with van der Waals surface area (Å²) < 4.78 is 0. The van der Waals surface area contributed by atoms with Crippen LogP contribution in [0.4, 0.5) is 0 Å². The average molecular weight is 345 g/mol. The molecule has 1 aromatic rings. The number of alkyl halides is 1. The first-order valence-corrected chi connectivity index (χ1v) is 8.27. The molecule has 1 heterocycles. The first-order chi connectivity index (χ1) is 9.15. The predicted octanol–water partition coefficient (Wildman–Crippen LogP) is 4.43. The smallest absolute Gasteiger partial charge is 0.255 e. The number of rotatable bonds is 4. The average Bonchev–Trinajstić information content (AvgIpc) is 2.87. The molecule has 0 N–H and O–H groups in total. The Bertz CT molecular complexity index is 463. The van der Waals surface area contributed by atoms with Gasteiger partial charge < -0.3 is 4.90 Å². The van der Waals surface area contributed by atoms with Gasteiger partial charge in [0.25, 0.3) is 5.91 Å². The molecular weight excluding hydrogens is 326 g/mol. The van der Waals surface area contributed by atoms with Gasteiger partial charge in [0, 0.05) is 17.9 Å². The summed E-state index contributed by atoms with van der Waals surface area (Å²) >= 11 is 9.72. The lowest BCUT2D eigenvalue weighted by molar-refractivity contribution is 0.0730. The van der Waals surface area contributed by atoms with Crippen molar-refractivity contribution in [1.82, 2.24) is 4.90 Å². The van der Waals surface area contributed by atoms with Crippen molar-refractivity contribution in [1.29, 1.82) is 0 Å². The Hall–Kier alpha value is -0.540. The van der Waals surface area contributed by atoms with E-state index in [9.17, 15) is 4.79 Å². The van der Waals surface area contributed by atoms with Crippen LogP contribution in [0.5, 0.6) is 0 Å². The van der Waals surface area contributed by atoms with Crippen LogP contribution in [0.2, 0.25) is 5.02 Å². The maximum atomic E-state index is 12.6. The first-order valence-electron chi connectivity index (χ1n) is 6.77. The van der Waals surface area contributed by atoms with Gasteiger partial charge in [0.2, 0.25) is 0 Å². The number of nitrogens with zero attached hydrogens (tertiary/aromatic N) is 1. The molecule has 0 spiro atoms. The number of hydrogen-bond acceptors (Lipinski definition) is 1. The van der Waals surface area contributed by atoms with Gasteiger partial charge in [0.05, 0.1) is 10.6 Å². The van der Waals surface area contributed by atoms with Crippen LogP contribution < -0.4 is 0 Å². The maximum absolute atomic E-state index is 12.6. The molecule has 1 fully saturated rings. The summed E-state index contributed by atoms with van der Waals surface area (Å²) in [5.41, 5.74) is 1.61. The minimum atomic E-state index is 0.0887. The van der Waals surface area contributed by atoms with Crippen molar-refractivity contribution in [3.63, 3.8) is 0 Å². The Morgan fingerprint density at radius 2 is 2.32 bits per heavy atom. The molecule has 1 atom stereocenters. The second-order valence-corrected chi connectivity index (χ2v) is 6.23. The number of halogens is 2. The van der Waals surface area contributed by atoms with Gasteiger partial charge in [-0.25, -0.2) is 0 Å². The second kappa shape index (κ2) is 6.76. The molecule has 0 bridgehead atoms. The summed E-state index contributed by atoms with van der Waals surface area (Å²) in [4.78, 5) is 14.6. The lowest BCUT2D eigenvalue weighted by atomic mass is 10.1. The lowest BCUT2D eigenvalue weighted by Crippen LogP contribution is -2.35. The van der Waals surface area contributed by atoms with Crippen molar-refractivity contribution in [2.24, 2.45) is 0 Å². The van der Waals surface area contributed by atoms with Crippen molar-refractivity contribution < 1.29 is 4.79 Å². The molecule has 1 saturated heterocycles. The zero-order chi connectivity index (χ0) is 13.8. The fourth-order valence-corrected chi connectivity index (χ4v) is 3.21. The molecule has 2 rings (SSSR count). The van der Waals surface area contributed by atoms with E-state index < -0.39 is 0 Å². The van der Waals surface area contributed by atoms with Gasteiger partial charge in [0.1, 0.15) is 0 Å². The van der Waals surface area contributed by atoms with Crippen molar-refractivity contribution in [2.75, 3.05) is 11.9 Å². The van der Waals surface area contributed by atoms with Crippen LogP contribution in [0.25, 0.3) is 0 Å². The summed E-state index contributed by atoms with van der Waals surface area (Å²) in [5.74, 6) is 0.0887. The summed E-state index contributed by atoms with van der Waals surface area (Å²) in [5, 5.41) is 1.59. The third kappa shape index (κ3) is 3.32. The molecule has 0 aromatic heterocycles. The number of hydrogen-bond donors (Lipinski definition) is 0. The van der Waals surface area contributed by atoms with E-state index in [0.29, 0.717) is 16.6 Å². The molecular formula is C15H19BrClNO. The summed E-state index contributed by atoms with van der Waals surface area (Å²) in [7, 11) is 0. The van der Waals surface area contributed by atoms with Crippen LogP contribution in [0.3, 0.4) is 0 Å². The fourth-order valence-electron chi connectivity index (χ4n) is 2.68. The van der Waals surface area contributed by atoms with E-state index in [-0.39, 0.29) is 5.91 Å². The molecule has 2 nitrogen and oxygen atoms in total. The van der Waals surface area contributed by atoms with Crippen LogP contribution in [0.1, 0.15) is 41.6 Å². The van der Waals surface area contributed by atoms with Gasteiger partial charge in [-0.05, 0) is 44.2 Å². The van der Waals surface area contributed by atoms with E-state index in [2.05, 4.69) is 15.9 Å². The van der Waals surface area contributed by atoms with E-state index in [1.54, 1.807) is 0 Å². The molecule has 4 heteroatoms. The van der Waals surface area contributed by atoms with Crippen LogP contribution >= 0.6 is 27.5 Å². The van der Waals surface area contributed by atoms with Gasteiger partial charge in [0.15, 0.2) is 0 Å². The standard InChI is InChI=1S/C15H19BrClNO/c1-11-5-2-8-13(14(11)17)15(19)18-10-4-7-12(18)6-3-9-16/h2,5,8,12H,3-4,6-7,9-10H2,1H3. The maximum Gasteiger partial charge on any atom is 0.255 e. The molecule has 19 heavy (non-hydrogen) atoms. The molecule has 1 aliphatic heterocycles. The minimum absolute atomic E-state index is 0.0887. The molecule has 1 aliphatic rings. The summed E-state index contributed by atoms with van der Waals surface area (Å²) in [6.07, 6.45) is 4.39. The van der Waals surface area contributed by atoms with Crippen molar-refractivity contribution in [3.05, 3.63) is 34.3 Å². The van der Waals surface area contributed by atoms with Gasteiger partial charge in [-0.2, -0.15) is 0 Å². The molecule has 0 saturated carbocycles. The highest BCUT2D eigenvalue weighted by atomic mass is 79.9. The molecule has 1 unspecified atom stereocenters. The van der Waals surface area contributed by atoms with Crippen LogP contribution in [-0.2, 0) is 0 Å². The van der Waals surface area contributed by atoms with Crippen LogP contribution in [-0.4, -0.2) is 28.7 Å². The monoisotopic (exact) mass is 343 g/mol. The number of likely N-dealkylation sites (tertiary alicyclic amines) is 1. The van der Waals surface area contributed by atoms with E-state index in [1.165, 1.54) is 0 Å². The summed E-state index contributed by atoms with van der Waals surface area (Å²) in [6, 6.07) is 6.04. The number of carbonyl (C=O) groups is 1. The van der Waals surface area contributed by atoms with Gasteiger partial charge in [-0.1, -0.05) is 39.7 Å². The van der Waals surface area contributed by atoms with E-state index in [1.807, 2.05) is 30.0 Å². The second-order valence-electron chi connectivity index (χ2n) is 5.06. The van der Waals surface area contributed by atoms with E-state index in [4.69, 9.17) is 11.6 Å². The van der Waals surface area contributed by atoms with E-state index >= 15 is 0 Å². The SMILES string of the molecule is Cc1cccc(C(=O)N2CCCC2CCCBr)c1Cl. The molecule has 1 aromatic carbocycles. The molecule has 1 amide bonds. The quantitative estimate of drug-likeness (QED) is 0.740. The minimum Gasteiger partial charge on any atom is -0.336 e.